The third kappa shape index (κ3) is 4.61. The topological polar surface area (TPSA) is 83.7 Å². The number of carbonyl (C=O) groups is 2. The predicted octanol–water partition coefficient (Wildman–Crippen LogP) is 1.47. The Balaban J connectivity index is 1.76. The Labute approximate surface area is 121 Å². The number of hydrogen-bond donors (Lipinski definition) is 2. The van der Waals surface area contributed by atoms with Crippen molar-refractivity contribution < 1.29 is 14.0 Å². The Hall–Kier alpha value is -2.89. The van der Waals surface area contributed by atoms with E-state index >= 15 is 0 Å². The number of hydrazone groups is 1. The first-order chi connectivity index (χ1) is 10.1. The Kier molecular flexibility index (Phi) is 4.87. The Bertz CT molecular complexity index is 631. The number of rotatable bonds is 5. The number of furan rings is 1. The van der Waals surface area contributed by atoms with Crippen molar-refractivity contribution in [3.05, 3.63) is 59.5 Å². The van der Waals surface area contributed by atoms with Gasteiger partial charge in [0, 0.05) is 5.56 Å². The molecule has 6 heteroatoms. The highest BCUT2D eigenvalue weighted by Crippen LogP contribution is 2.02. The highest BCUT2D eigenvalue weighted by atomic mass is 16.3. The molecule has 2 N–H and O–H groups in total. The van der Waals surface area contributed by atoms with Gasteiger partial charge in [0.1, 0.15) is 5.76 Å². The summed E-state index contributed by atoms with van der Waals surface area (Å²) >= 11 is 0. The minimum Gasteiger partial charge on any atom is -0.463 e. The zero-order chi connectivity index (χ0) is 15.1. The lowest BCUT2D eigenvalue weighted by Gasteiger charge is -2.04. The highest BCUT2D eigenvalue weighted by molar-refractivity contribution is 5.96. The zero-order valence-electron chi connectivity index (χ0n) is 11.5. The average molecular weight is 285 g/mol. The quantitative estimate of drug-likeness (QED) is 0.644. The molecule has 0 bridgehead atoms. The number of nitrogens with zero attached hydrogens (tertiary/aromatic N) is 1. The van der Waals surface area contributed by atoms with Gasteiger partial charge >= 0.3 is 0 Å². The fraction of sp³-hybridized carbons (Fsp3) is 0.133. The molecule has 2 aromatic rings. The van der Waals surface area contributed by atoms with Crippen LogP contribution in [0.5, 0.6) is 0 Å². The van der Waals surface area contributed by atoms with Crippen LogP contribution in [0.1, 0.15) is 21.7 Å². The van der Waals surface area contributed by atoms with E-state index < -0.39 is 5.91 Å². The number of nitrogens with one attached hydrogen (secondary N) is 2. The van der Waals surface area contributed by atoms with Crippen molar-refractivity contribution in [2.24, 2.45) is 5.10 Å². The lowest BCUT2D eigenvalue weighted by molar-refractivity contribution is -0.120. The van der Waals surface area contributed by atoms with Gasteiger partial charge in [0.25, 0.3) is 11.8 Å². The summed E-state index contributed by atoms with van der Waals surface area (Å²) in [6.45, 7) is 1.79. The largest absolute Gasteiger partial charge is 0.463 e. The van der Waals surface area contributed by atoms with E-state index in [1.807, 2.05) is 19.1 Å². The molecule has 2 amide bonds. The van der Waals surface area contributed by atoms with Gasteiger partial charge in [-0.1, -0.05) is 17.7 Å². The van der Waals surface area contributed by atoms with E-state index in [0.717, 1.165) is 5.56 Å². The van der Waals surface area contributed by atoms with Crippen molar-refractivity contribution in [2.45, 2.75) is 6.92 Å². The molecule has 0 saturated carbocycles. The Morgan fingerprint density at radius 1 is 1.24 bits per heavy atom. The van der Waals surface area contributed by atoms with E-state index in [-0.39, 0.29) is 12.5 Å². The van der Waals surface area contributed by atoms with Crippen LogP contribution in [0.25, 0.3) is 0 Å². The summed E-state index contributed by atoms with van der Waals surface area (Å²) in [5, 5.41) is 6.22. The van der Waals surface area contributed by atoms with E-state index in [9.17, 15) is 9.59 Å². The molecule has 0 aliphatic heterocycles. The number of hydrogen-bond acceptors (Lipinski definition) is 4. The maximum Gasteiger partial charge on any atom is 0.259 e. The van der Waals surface area contributed by atoms with E-state index in [1.54, 1.807) is 24.3 Å². The molecule has 1 heterocycles. The molecular weight excluding hydrogens is 270 g/mol. The second-order valence-electron chi connectivity index (χ2n) is 4.36. The number of carbonyl (C=O) groups excluding carboxylic acids is 2. The maximum absolute atomic E-state index is 11.8. The molecule has 0 atom stereocenters. The van der Waals surface area contributed by atoms with Gasteiger partial charge in [0.15, 0.2) is 0 Å². The molecule has 0 spiro atoms. The van der Waals surface area contributed by atoms with Gasteiger partial charge in [-0.3, -0.25) is 9.59 Å². The molecule has 1 aromatic heterocycles. The van der Waals surface area contributed by atoms with Gasteiger partial charge in [0.2, 0.25) is 0 Å². The van der Waals surface area contributed by atoms with Gasteiger partial charge in [0.05, 0.1) is 19.0 Å². The molecule has 0 aliphatic rings. The summed E-state index contributed by atoms with van der Waals surface area (Å²) in [6.07, 6.45) is 2.88. The van der Waals surface area contributed by atoms with Crippen molar-refractivity contribution in [1.29, 1.82) is 0 Å². The molecule has 21 heavy (non-hydrogen) atoms. The molecule has 0 aliphatic carbocycles. The van der Waals surface area contributed by atoms with Gasteiger partial charge in [-0.2, -0.15) is 5.10 Å². The van der Waals surface area contributed by atoms with Crippen LogP contribution in [0.3, 0.4) is 0 Å². The number of aryl methyl sites for hydroxylation is 1. The van der Waals surface area contributed by atoms with Crippen LogP contribution < -0.4 is 10.7 Å². The van der Waals surface area contributed by atoms with Crippen LogP contribution in [-0.2, 0) is 4.79 Å². The van der Waals surface area contributed by atoms with Crippen LogP contribution in [0.15, 0.2) is 52.2 Å². The average Bonchev–Trinajstić information content (AvgIpc) is 2.99. The van der Waals surface area contributed by atoms with E-state index in [0.29, 0.717) is 11.3 Å². The SMILES string of the molecule is Cc1ccc(C(=O)NCC(=O)N/N=C\c2ccco2)cc1. The van der Waals surface area contributed by atoms with Gasteiger partial charge in [-0.25, -0.2) is 5.43 Å². The normalized spacial score (nSPS) is 10.5. The van der Waals surface area contributed by atoms with Crippen molar-refractivity contribution in [1.82, 2.24) is 10.7 Å². The molecule has 2 rings (SSSR count). The van der Waals surface area contributed by atoms with Gasteiger partial charge in [-0.05, 0) is 31.2 Å². The fourth-order valence-corrected chi connectivity index (χ4v) is 1.54. The molecule has 1 aromatic carbocycles. The second-order valence-corrected chi connectivity index (χ2v) is 4.36. The maximum atomic E-state index is 11.8. The molecule has 108 valence electrons. The predicted molar refractivity (Wildman–Crippen MR) is 78.0 cm³/mol. The molecule has 0 radical (unpaired) electrons. The Morgan fingerprint density at radius 3 is 2.67 bits per heavy atom. The molecule has 0 fully saturated rings. The van der Waals surface area contributed by atoms with Crippen LogP contribution in [0, 0.1) is 6.92 Å². The van der Waals surface area contributed by atoms with E-state index in [4.69, 9.17) is 4.42 Å². The van der Waals surface area contributed by atoms with Gasteiger partial charge < -0.3 is 9.73 Å². The van der Waals surface area contributed by atoms with E-state index in [2.05, 4.69) is 15.8 Å². The number of amides is 2. The molecule has 0 unspecified atom stereocenters. The summed E-state index contributed by atoms with van der Waals surface area (Å²) in [6, 6.07) is 10.5. The van der Waals surface area contributed by atoms with Crippen molar-refractivity contribution in [3.63, 3.8) is 0 Å². The smallest absolute Gasteiger partial charge is 0.259 e. The zero-order valence-corrected chi connectivity index (χ0v) is 11.5. The molecule has 0 saturated heterocycles. The molecular formula is C15H15N3O3. The monoisotopic (exact) mass is 285 g/mol. The first-order valence-corrected chi connectivity index (χ1v) is 6.35. The van der Waals surface area contributed by atoms with Crippen LogP contribution in [0.4, 0.5) is 0 Å². The van der Waals surface area contributed by atoms with Crippen LogP contribution in [0.2, 0.25) is 0 Å². The fourth-order valence-electron chi connectivity index (χ4n) is 1.54. The summed E-state index contributed by atoms with van der Waals surface area (Å²) in [5.41, 5.74) is 3.87. The first-order valence-electron chi connectivity index (χ1n) is 6.35. The summed E-state index contributed by atoms with van der Waals surface area (Å²) in [5.74, 6) is -0.197. The summed E-state index contributed by atoms with van der Waals surface area (Å²) in [4.78, 5) is 23.3. The Morgan fingerprint density at radius 2 is 2.00 bits per heavy atom. The summed E-state index contributed by atoms with van der Waals surface area (Å²) < 4.78 is 5.01. The molecule has 6 nitrogen and oxygen atoms in total. The minimum atomic E-state index is -0.418. The van der Waals surface area contributed by atoms with Crippen LogP contribution >= 0.6 is 0 Å². The van der Waals surface area contributed by atoms with Crippen LogP contribution in [-0.4, -0.2) is 24.6 Å². The number of benzene rings is 1. The first kappa shape index (κ1) is 14.5. The van der Waals surface area contributed by atoms with Crippen molar-refractivity contribution >= 4 is 18.0 Å². The lowest BCUT2D eigenvalue weighted by Crippen LogP contribution is -2.34. The third-order valence-electron chi connectivity index (χ3n) is 2.65. The third-order valence-corrected chi connectivity index (χ3v) is 2.65. The lowest BCUT2D eigenvalue weighted by atomic mass is 10.1. The van der Waals surface area contributed by atoms with Gasteiger partial charge in [-0.15, -0.1) is 0 Å². The minimum absolute atomic E-state index is 0.151. The van der Waals surface area contributed by atoms with E-state index in [1.165, 1.54) is 12.5 Å². The van der Waals surface area contributed by atoms with Crippen molar-refractivity contribution in [3.8, 4) is 0 Å². The second kappa shape index (κ2) is 7.04. The standard InChI is InChI=1S/C15H15N3O3/c1-11-4-6-12(7-5-11)15(20)16-10-14(19)18-17-9-13-3-2-8-21-13/h2-9H,10H2,1H3,(H,16,20)(H,18,19)/b17-9-. The summed E-state index contributed by atoms with van der Waals surface area (Å²) in [7, 11) is 0. The highest BCUT2D eigenvalue weighted by Gasteiger charge is 2.06. The van der Waals surface area contributed by atoms with Crippen molar-refractivity contribution in [2.75, 3.05) is 6.54 Å².